The van der Waals surface area contributed by atoms with Crippen molar-refractivity contribution in [3.05, 3.63) is 140 Å². The van der Waals surface area contributed by atoms with E-state index in [1.807, 2.05) is 29.5 Å². The maximum atomic E-state index is 6.62. The molecule has 218 valence electrons. The molecule has 0 unspecified atom stereocenters. The molecule has 0 aliphatic carbocycles. The molecule has 4 heterocycles. The molecule has 0 spiro atoms. The molecule has 0 saturated carbocycles. The second-order valence-electron chi connectivity index (χ2n) is 12.2. The minimum Gasteiger partial charge on any atom is -0.452 e. The molecule has 0 amide bonds. The number of thiophene rings is 1. The number of fused-ring (bicyclic) bond motifs is 9. The minimum absolute atomic E-state index is 0.620. The van der Waals surface area contributed by atoms with Crippen molar-refractivity contribution in [2.24, 2.45) is 0 Å². The third-order valence-electron chi connectivity index (χ3n) is 9.58. The number of hydrogen-bond acceptors (Lipinski definition) is 5. The minimum atomic E-state index is 0.620. The highest BCUT2D eigenvalue weighted by Gasteiger charge is 2.30. The number of para-hydroxylation sites is 1. The van der Waals surface area contributed by atoms with E-state index < -0.39 is 0 Å². The van der Waals surface area contributed by atoms with Gasteiger partial charge in [0.15, 0.2) is 5.58 Å². The summed E-state index contributed by atoms with van der Waals surface area (Å²) in [5, 5.41) is 8.16. The van der Waals surface area contributed by atoms with Crippen molar-refractivity contribution in [1.29, 1.82) is 0 Å². The van der Waals surface area contributed by atoms with Crippen LogP contribution in [0.5, 0.6) is 0 Å². The van der Waals surface area contributed by atoms with E-state index in [9.17, 15) is 0 Å². The van der Waals surface area contributed by atoms with Crippen LogP contribution in [0.2, 0.25) is 0 Å². The normalized spacial score (nSPS) is 12.6. The van der Waals surface area contributed by atoms with Crippen LogP contribution in [0.25, 0.3) is 86.2 Å². The average Bonchev–Trinajstić information content (AvgIpc) is 3.70. The number of rotatable bonds is 2. The van der Waals surface area contributed by atoms with Crippen LogP contribution < -0.4 is 4.90 Å². The van der Waals surface area contributed by atoms with Crippen LogP contribution in [0.4, 0.5) is 17.3 Å². The molecule has 3 aromatic heterocycles. The summed E-state index contributed by atoms with van der Waals surface area (Å²) in [4.78, 5) is 13.1. The molecule has 0 atom stereocenters. The van der Waals surface area contributed by atoms with Crippen molar-refractivity contribution in [2.75, 3.05) is 4.90 Å². The van der Waals surface area contributed by atoms with Gasteiger partial charge in [0.1, 0.15) is 16.8 Å². The predicted octanol–water partition coefficient (Wildman–Crippen LogP) is 12.2. The highest BCUT2D eigenvalue weighted by Crippen LogP contribution is 2.52. The first kappa shape index (κ1) is 25.2. The topological polar surface area (TPSA) is 42.2 Å². The third-order valence-corrected chi connectivity index (χ3v) is 10.7. The average molecular weight is 618 g/mol. The van der Waals surface area contributed by atoms with Crippen molar-refractivity contribution in [3.8, 4) is 22.4 Å². The number of aromatic nitrogens is 2. The van der Waals surface area contributed by atoms with Crippen LogP contribution >= 0.6 is 11.3 Å². The van der Waals surface area contributed by atoms with Gasteiger partial charge < -0.3 is 4.42 Å². The van der Waals surface area contributed by atoms with Crippen LogP contribution in [-0.4, -0.2) is 9.97 Å². The summed E-state index contributed by atoms with van der Waals surface area (Å²) >= 11 is 1.81. The fourth-order valence-corrected chi connectivity index (χ4v) is 8.67. The molecule has 1 aliphatic heterocycles. The number of anilines is 3. The van der Waals surface area contributed by atoms with Gasteiger partial charge in [-0.1, -0.05) is 97.1 Å². The smallest absolute Gasteiger partial charge is 0.236 e. The van der Waals surface area contributed by atoms with Gasteiger partial charge in [0.2, 0.25) is 5.95 Å². The van der Waals surface area contributed by atoms with Crippen molar-refractivity contribution in [2.45, 2.75) is 0 Å². The standard InChI is InChI=1S/C42H23N3OS/c1-2-11-26-23-33-31(22-25(26)10-1)27-16-7-12-24-13-8-18-32(37(24)27)45(33)42-43-39-28-14-3-5-19-34(28)46-41(39)40(44-42)30-17-9-21-36-38(30)29-15-4-6-20-35(29)47-36/h1-23H. The lowest BCUT2D eigenvalue weighted by Gasteiger charge is -2.32. The predicted molar refractivity (Wildman–Crippen MR) is 196 cm³/mol. The van der Waals surface area contributed by atoms with E-state index in [1.165, 1.54) is 52.8 Å². The van der Waals surface area contributed by atoms with E-state index in [-0.39, 0.29) is 0 Å². The number of furan rings is 1. The molecule has 1 aliphatic rings. The Kier molecular flexibility index (Phi) is 4.96. The Morgan fingerprint density at radius 2 is 1.21 bits per heavy atom. The first-order chi connectivity index (χ1) is 23.3. The van der Waals surface area contributed by atoms with E-state index in [1.54, 1.807) is 0 Å². The number of hydrogen-bond donors (Lipinski definition) is 0. The molecule has 0 N–H and O–H groups in total. The molecule has 0 radical (unpaired) electrons. The SMILES string of the molecule is c1ccc2cc3c(cc2c1)-c1cccc2cccc(c12)N3c1nc(-c2cccc3sc4ccccc4c23)c2oc3ccccc3c2n1. The summed E-state index contributed by atoms with van der Waals surface area (Å²) in [5.41, 5.74) is 8.67. The van der Waals surface area contributed by atoms with Gasteiger partial charge >= 0.3 is 0 Å². The maximum absolute atomic E-state index is 6.62. The van der Waals surface area contributed by atoms with E-state index in [4.69, 9.17) is 14.4 Å². The first-order valence-electron chi connectivity index (χ1n) is 15.8. The summed E-state index contributed by atoms with van der Waals surface area (Å²) < 4.78 is 9.10. The summed E-state index contributed by atoms with van der Waals surface area (Å²) in [6.45, 7) is 0. The molecule has 0 fully saturated rings. The van der Waals surface area contributed by atoms with Gasteiger partial charge in [-0.3, -0.25) is 4.90 Å². The van der Waals surface area contributed by atoms with Crippen LogP contribution in [0.1, 0.15) is 0 Å². The molecule has 7 aromatic carbocycles. The first-order valence-corrected chi connectivity index (χ1v) is 16.6. The molecule has 4 nitrogen and oxygen atoms in total. The van der Waals surface area contributed by atoms with Gasteiger partial charge in [0.05, 0.1) is 11.4 Å². The van der Waals surface area contributed by atoms with Gasteiger partial charge in [-0.25, -0.2) is 9.97 Å². The Hall–Kier alpha value is -6.04. The second-order valence-corrected chi connectivity index (χ2v) is 13.2. The van der Waals surface area contributed by atoms with Gasteiger partial charge in [-0.05, 0) is 64.2 Å². The highest BCUT2D eigenvalue weighted by molar-refractivity contribution is 7.25. The molecule has 47 heavy (non-hydrogen) atoms. The lowest BCUT2D eigenvalue weighted by molar-refractivity contribution is 0.667. The van der Waals surface area contributed by atoms with Gasteiger partial charge in [-0.2, -0.15) is 0 Å². The van der Waals surface area contributed by atoms with Crippen molar-refractivity contribution in [3.63, 3.8) is 0 Å². The van der Waals surface area contributed by atoms with Crippen molar-refractivity contribution < 1.29 is 4.42 Å². The lowest BCUT2D eigenvalue weighted by atomic mass is 9.89. The fraction of sp³-hybridized carbons (Fsp3) is 0. The summed E-state index contributed by atoms with van der Waals surface area (Å²) in [6.07, 6.45) is 0. The summed E-state index contributed by atoms with van der Waals surface area (Å²) in [7, 11) is 0. The van der Waals surface area contributed by atoms with Crippen molar-refractivity contribution >= 4 is 92.4 Å². The zero-order chi connectivity index (χ0) is 30.6. The monoisotopic (exact) mass is 617 g/mol. The zero-order valence-corrected chi connectivity index (χ0v) is 25.8. The lowest BCUT2D eigenvalue weighted by Crippen LogP contribution is -2.18. The maximum Gasteiger partial charge on any atom is 0.236 e. The van der Waals surface area contributed by atoms with Crippen LogP contribution in [0.3, 0.4) is 0 Å². The highest BCUT2D eigenvalue weighted by atomic mass is 32.1. The molecular weight excluding hydrogens is 595 g/mol. The molecule has 0 bridgehead atoms. The number of benzene rings is 7. The molecule has 0 saturated heterocycles. The van der Waals surface area contributed by atoms with Crippen LogP contribution in [0, 0.1) is 0 Å². The molecule has 10 aromatic rings. The van der Waals surface area contributed by atoms with Crippen LogP contribution in [0.15, 0.2) is 144 Å². The zero-order valence-electron chi connectivity index (χ0n) is 24.9. The molecule has 11 rings (SSSR count). The molecule has 5 heteroatoms. The third kappa shape index (κ3) is 3.46. The largest absolute Gasteiger partial charge is 0.452 e. The van der Waals surface area contributed by atoms with E-state index in [0.717, 1.165) is 39.1 Å². The quantitative estimate of drug-likeness (QED) is 0.194. The summed E-state index contributed by atoms with van der Waals surface area (Å²) in [5.74, 6) is 0.620. The Balaban J connectivity index is 1.29. The van der Waals surface area contributed by atoms with Gasteiger partial charge in [0.25, 0.3) is 0 Å². The van der Waals surface area contributed by atoms with Gasteiger partial charge in [-0.15, -0.1) is 11.3 Å². The fourth-order valence-electron chi connectivity index (χ4n) is 7.54. The Labute approximate surface area is 272 Å². The van der Waals surface area contributed by atoms with E-state index in [2.05, 4.69) is 126 Å². The number of nitrogens with zero attached hydrogens (tertiary/aromatic N) is 3. The van der Waals surface area contributed by atoms with E-state index in [0.29, 0.717) is 11.5 Å². The second kappa shape index (κ2) is 9.25. The Morgan fingerprint density at radius 3 is 2.13 bits per heavy atom. The Bertz CT molecular complexity index is 2930. The van der Waals surface area contributed by atoms with E-state index >= 15 is 0 Å². The Morgan fingerprint density at radius 1 is 0.511 bits per heavy atom. The van der Waals surface area contributed by atoms with Crippen LogP contribution in [-0.2, 0) is 0 Å². The van der Waals surface area contributed by atoms with Crippen molar-refractivity contribution in [1.82, 2.24) is 9.97 Å². The van der Waals surface area contributed by atoms with Gasteiger partial charge in [0, 0.05) is 42.1 Å². The molecular formula is C42H23N3OS. The summed E-state index contributed by atoms with van der Waals surface area (Å²) in [6, 6.07) is 49.5.